The highest BCUT2D eigenvalue weighted by Crippen LogP contribution is 2.26. The molecule has 0 radical (unpaired) electrons. The van der Waals surface area contributed by atoms with Crippen LogP contribution in [-0.2, 0) is 0 Å². The highest BCUT2D eigenvalue weighted by atomic mass is 35.5. The van der Waals surface area contributed by atoms with Crippen molar-refractivity contribution in [3.63, 3.8) is 0 Å². The van der Waals surface area contributed by atoms with Gasteiger partial charge in [0.05, 0.1) is 11.7 Å². The first-order chi connectivity index (χ1) is 13.0. The first-order valence-corrected chi connectivity index (χ1v) is 8.82. The second-order valence-corrected chi connectivity index (χ2v) is 6.75. The summed E-state index contributed by atoms with van der Waals surface area (Å²) in [7, 11) is 1.76. The molecule has 1 atom stereocenters. The van der Waals surface area contributed by atoms with Crippen LogP contribution < -0.4 is 0 Å². The smallest absolute Gasteiger partial charge is 0.289 e. The zero-order valence-electron chi connectivity index (χ0n) is 14.8. The van der Waals surface area contributed by atoms with Crippen molar-refractivity contribution in [3.8, 4) is 5.69 Å². The maximum atomic E-state index is 12.8. The summed E-state index contributed by atoms with van der Waals surface area (Å²) in [6.07, 6.45) is 3.13. The van der Waals surface area contributed by atoms with E-state index in [1.165, 1.54) is 6.33 Å². The van der Waals surface area contributed by atoms with Crippen LogP contribution in [0.4, 0.5) is 0 Å². The Hall–Kier alpha value is -3.12. The van der Waals surface area contributed by atoms with Crippen LogP contribution in [0.1, 0.15) is 29.1 Å². The molecule has 136 valence electrons. The largest absolute Gasteiger partial charge is 0.451 e. The number of halogens is 1. The van der Waals surface area contributed by atoms with E-state index in [1.807, 2.05) is 31.2 Å². The molecule has 0 saturated carbocycles. The fourth-order valence-electron chi connectivity index (χ4n) is 2.94. The summed E-state index contributed by atoms with van der Waals surface area (Å²) in [5.41, 5.74) is 2.56. The molecule has 0 bridgehead atoms. The highest BCUT2D eigenvalue weighted by Gasteiger charge is 2.22. The van der Waals surface area contributed by atoms with Gasteiger partial charge in [-0.2, -0.15) is 5.10 Å². The minimum atomic E-state index is -0.185. The van der Waals surface area contributed by atoms with Gasteiger partial charge in [-0.05, 0) is 48.9 Å². The van der Waals surface area contributed by atoms with E-state index in [-0.39, 0.29) is 11.9 Å². The molecule has 2 aromatic carbocycles. The van der Waals surface area contributed by atoms with Gasteiger partial charge in [-0.3, -0.25) is 4.79 Å². The molecule has 0 N–H and O–H groups in total. The number of furan rings is 1. The molecule has 0 spiro atoms. The summed E-state index contributed by atoms with van der Waals surface area (Å²) in [5.74, 6) is 0.107. The van der Waals surface area contributed by atoms with E-state index in [0.29, 0.717) is 16.4 Å². The number of rotatable bonds is 4. The fraction of sp³-hybridized carbons (Fsp3) is 0.150. The first kappa shape index (κ1) is 17.3. The molecule has 4 rings (SSSR count). The number of nitrogens with zero attached hydrogens (tertiary/aromatic N) is 4. The molecule has 0 saturated heterocycles. The van der Waals surface area contributed by atoms with Crippen LogP contribution in [0.3, 0.4) is 0 Å². The van der Waals surface area contributed by atoms with Crippen LogP contribution in [0.5, 0.6) is 0 Å². The topological polar surface area (TPSA) is 64.2 Å². The number of fused-ring (bicyclic) bond motifs is 1. The number of hydrogen-bond acceptors (Lipinski definition) is 4. The Bertz CT molecular complexity index is 1090. The lowest BCUT2D eigenvalue weighted by molar-refractivity contribution is 0.0713. The van der Waals surface area contributed by atoms with Crippen molar-refractivity contribution in [2.45, 2.75) is 13.0 Å². The van der Waals surface area contributed by atoms with Crippen molar-refractivity contribution in [1.29, 1.82) is 0 Å². The minimum Gasteiger partial charge on any atom is -0.451 e. The van der Waals surface area contributed by atoms with Gasteiger partial charge in [0.15, 0.2) is 5.76 Å². The van der Waals surface area contributed by atoms with Crippen molar-refractivity contribution in [1.82, 2.24) is 19.7 Å². The SMILES string of the molecule is C[C@H](c1ccc(-n2cncn2)cc1)N(C)C(=O)c1cc2cc(Cl)ccc2o1. The Morgan fingerprint density at radius 3 is 2.67 bits per heavy atom. The third kappa shape index (κ3) is 3.31. The molecule has 4 aromatic rings. The zero-order valence-corrected chi connectivity index (χ0v) is 15.6. The highest BCUT2D eigenvalue weighted by molar-refractivity contribution is 6.31. The van der Waals surface area contributed by atoms with Crippen molar-refractivity contribution >= 4 is 28.5 Å². The molecule has 1 amide bonds. The molecule has 2 heterocycles. The van der Waals surface area contributed by atoms with Gasteiger partial charge in [-0.15, -0.1) is 0 Å². The van der Waals surface area contributed by atoms with Gasteiger partial charge in [0, 0.05) is 17.5 Å². The zero-order chi connectivity index (χ0) is 19.0. The molecule has 0 aliphatic carbocycles. The van der Waals surface area contributed by atoms with Crippen LogP contribution >= 0.6 is 11.6 Å². The lowest BCUT2D eigenvalue weighted by Crippen LogP contribution is -2.29. The van der Waals surface area contributed by atoms with E-state index >= 15 is 0 Å². The second-order valence-electron chi connectivity index (χ2n) is 6.32. The molecule has 27 heavy (non-hydrogen) atoms. The molecule has 2 aromatic heterocycles. The Morgan fingerprint density at radius 1 is 1.19 bits per heavy atom. The predicted molar refractivity (Wildman–Crippen MR) is 103 cm³/mol. The molecule has 0 unspecified atom stereocenters. The molecule has 0 aliphatic rings. The maximum absolute atomic E-state index is 12.8. The Kier molecular flexibility index (Phi) is 4.41. The van der Waals surface area contributed by atoms with Crippen LogP contribution in [0.25, 0.3) is 16.7 Å². The Morgan fingerprint density at radius 2 is 1.96 bits per heavy atom. The predicted octanol–water partition coefficient (Wildman–Crippen LogP) is 4.50. The van der Waals surface area contributed by atoms with Crippen LogP contribution in [0, 0.1) is 0 Å². The molecule has 0 fully saturated rings. The van der Waals surface area contributed by atoms with Gasteiger partial charge in [0.1, 0.15) is 18.2 Å². The quantitative estimate of drug-likeness (QED) is 0.523. The second kappa shape index (κ2) is 6.89. The maximum Gasteiger partial charge on any atom is 0.289 e. The summed E-state index contributed by atoms with van der Waals surface area (Å²) in [6.45, 7) is 1.97. The summed E-state index contributed by atoms with van der Waals surface area (Å²) in [4.78, 5) is 18.4. The lowest BCUT2D eigenvalue weighted by atomic mass is 10.1. The Balaban J connectivity index is 1.55. The van der Waals surface area contributed by atoms with Crippen molar-refractivity contribution in [2.75, 3.05) is 7.05 Å². The van der Waals surface area contributed by atoms with E-state index in [4.69, 9.17) is 16.0 Å². The number of amides is 1. The van der Waals surface area contributed by atoms with Crippen molar-refractivity contribution in [2.24, 2.45) is 0 Å². The van der Waals surface area contributed by atoms with Crippen molar-refractivity contribution < 1.29 is 9.21 Å². The number of aromatic nitrogens is 3. The standard InChI is InChI=1S/C20H17ClN4O2/c1-13(14-3-6-17(7-4-14)25-12-22-11-23-25)24(2)20(26)19-10-15-9-16(21)5-8-18(15)27-19/h3-13H,1-2H3/t13-/m1/s1. The van der Waals surface area contributed by atoms with E-state index in [9.17, 15) is 4.79 Å². The summed E-state index contributed by atoms with van der Waals surface area (Å²) < 4.78 is 7.38. The number of hydrogen-bond donors (Lipinski definition) is 0. The van der Waals surface area contributed by atoms with Gasteiger partial charge in [0.2, 0.25) is 0 Å². The van der Waals surface area contributed by atoms with E-state index < -0.39 is 0 Å². The van der Waals surface area contributed by atoms with Crippen LogP contribution in [0.15, 0.2) is 65.6 Å². The average molecular weight is 381 g/mol. The molecular weight excluding hydrogens is 364 g/mol. The third-order valence-corrected chi connectivity index (χ3v) is 4.88. The third-order valence-electron chi connectivity index (χ3n) is 4.65. The van der Waals surface area contributed by atoms with Gasteiger partial charge in [0.25, 0.3) is 5.91 Å². The summed E-state index contributed by atoms with van der Waals surface area (Å²) in [6, 6.07) is 14.7. The van der Waals surface area contributed by atoms with Gasteiger partial charge in [-0.1, -0.05) is 23.7 Å². The Labute approximate surface area is 161 Å². The monoisotopic (exact) mass is 380 g/mol. The van der Waals surface area contributed by atoms with Gasteiger partial charge < -0.3 is 9.32 Å². The van der Waals surface area contributed by atoms with Crippen LogP contribution in [-0.4, -0.2) is 32.6 Å². The van der Waals surface area contributed by atoms with Crippen LogP contribution in [0.2, 0.25) is 5.02 Å². The minimum absolute atomic E-state index is 0.126. The molecule has 6 nitrogen and oxygen atoms in total. The van der Waals surface area contributed by atoms with Gasteiger partial charge >= 0.3 is 0 Å². The molecule has 7 heteroatoms. The molecule has 0 aliphatic heterocycles. The van der Waals surface area contributed by atoms with Crippen molar-refractivity contribution in [3.05, 3.63) is 77.5 Å². The first-order valence-electron chi connectivity index (χ1n) is 8.44. The lowest BCUT2D eigenvalue weighted by Gasteiger charge is -2.24. The molecular formula is C20H17ClN4O2. The number of carbonyl (C=O) groups is 1. The van der Waals surface area contributed by atoms with Gasteiger partial charge in [-0.25, -0.2) is 9.67 Å². The summed E-state index contributed by atoms with van der Waals surface area (Å²) in [5, 5.41) is 5.53. The normalized spacial score (nSPS) is 12.3. The fourth-order valence-corrected chi connectivity index (χ4v) is 3.12. The summed E-state index contributed by atoms with van der Waals surface area (Å²) >= 11 is 6.00. The van der Waals surface area contributed by atoms with E-state index in [2.05, 4.69) is 10.1 Å². The number of benzene rings is 2. The van der Waals surface area contributed by atoms with E-state index in [1.54, 1.807) is 47.2 Å². The van der Waals surface area contributed by atoms with E-state index in [0.717, 1.165) is 16.6 Å². The number of carbonyl (C=O) groups excluding carboxylic acids is 1. The average Bonchev–Trinajstić information content (AvgIpc) is 3.36.